The Morgan fingerprint density at radius 1 is 1.06 bits per heavy atom. The highest BCUT2D eigenvalue weighted by molar-refractivity contribution is 4.88. The summed E-state index contributed by atoms with van der Waals surface area (Å²) >= 11 is 0. The summed E-state index contributed by atoms with van der Waals surface area (Å²) in [6, 6.07) is 1.39. The van der Waals surface area contributed by atoms with Crippen LogP contribution in [0.4, 0.5) is 0 Å². The molecular weight excluding hydrogens is 212 g/mol. The Hall–Kier alpha value is -0.120. The van der Waals surface area contributed by atoms with Crippen molar-refractivity contribution >= 4 is 0 Å². The number of rotatable bonds is 1. The van der Waals surface area contributed by atoms with Gasteiger partial charge >= 0.3 is 0 Å². The van der Waals surface area contributed by atoms with Crippen molar-refractivity contribution in [1.82, 2.24) is 9.80 Å². The molecule has 0 saturated carbocycles. The SMILES string of the molecule is C[C@H]1COCCN1C1CCN(C(C)(C)C)CC1. The monoisotopic (exact) mass is 240 g/mol. The predicted molar refractivity (Wildman–Crippen MR) is 71.3 cm³/mol. The van der Waals surface area contributed by atoms with Gasteiger partial charge in [-0.25, -0.2) is 0 Å². The van der Waals surface area contributed by atoms with Gasteiger partial charge in [-0.15, -0.1) is 0 Å². The van der Waals surface area contributed by atoms with E-state index in [1.54, 1.807) is 0 Å². The summed E-state index contributed by atoms with van der Waals surface area (Å²) in [5, 5.41) is 0. The van der Waals surface area contributed by atoms with Gasteiger partial charge in [0.15, 0.2) is 0 Å². The van der Waals surface area contributed by atoms with Crippen LogP contribution < -0.4 is 0 Å². The Morgan fingerprint density at radius 2 is 1.71 bits per heavy atom. The van der Waals surface area contributed by atoms with Gasteiger partial charge < -0.3 is 4.74 Å². The molecule has 2 aliphatic heterocycles. The van der Waals surface area contributed by atoms with Crippen LogP contribution in [0.1, 0.15) is 40.5 Å². The molecule has 2 rings (SSSR count). The van der Waals surface area contributed by atoms with Gasteiger partial charge in [0, 0.05) is 37.3 Å². The van der Waals surface area contributed by atoms with Crippen LogP contribution >= 0.6 is 0 Å². The van der Waals surface area contributed by atoms with Crippen molar-refractivity contribution in [1.29, 1.82) is 0 Å². The molecule has 0 aromatic rings. The Balaban J connectivity index is 1.86. The lowest BCUT2D eigenvalue weighted by atomic mass is 9.96. The molecular formula is C14H28N2O. The van der Waals surface area contributed by atoms with E-state index in [9.17, 15) is 0 Å². The minimum Gasteiger partial charge on any atom is -0.379 e. The van der Waals surface area contributed by atoms with E-state index in [2.05, 4.69) is 37.5 Å². The fourth-order valence-electron chi connectivity index (χ4n) is 3.15. The molecule has 1 atom stereocenters. The second-order valence-corrected chi connectivity index (χ2v) is 6.55. The lowest BCUT2D eigenvalue weighted by Gasteiger charge is -2.46. The molecule has 0 aliphatic carbocycles. The first-order valence-corrected chi connectivity index (χ1v) is 7.07. The molecule has 0 aromatic carbocycles. The quantitative estimate of drug-likeness (QED) is 0.697. The first-order valence-electron chi connectivity index (χ1n) is 7.07. The number of nitrogens with zero attached hydrogens (tertiary/aromatic N) is 2. The fraction of sp³-hybridized carbons (Fsp3) is 1.00. The maximum Gasteiger partial charge on any atom is 0.0619 e. The van der Waals surface area contributed by atoms with Crippen molar-refractivity contribution in [2.24, 2.45) is 0 Å². The van der Waals surface area contributed by atoms with Gasteiger partial charge in [-0.05, 0) is 40.5 Å². The largest absolute Gasteiger partial charge is 0.379 e. The third-order valence-electron chi connectivity index (χ3n) is 4.30. The zero-order valence-electron chi connectivity index (χ0n) is 11.9. The number of piperidine rings is 1. The summed E-state index contributed by atoms with van der Waals surface area (Å²) in [6.07, 6.45) is 2.64. The summed E-state index contributed by atoms with van der Waals surface area (Å²) in [6.45, 7) is 14.7. The zero-order chi connectivity index (χ0) is 12.5. The van der Waals surface area contributed by atoms with E-state index >= 15 is 0 Å². The summed E-state index contributed by atoms with van der Waals surface area (Å²) < 4.78 is 5.53. The molecule has 0 spiro atoms. The van der Waals surface area contributed by atoms with Crippen molar-refractivity contribution in [2.75, 3.05) is 32.8 Å². The van der Waals surface area contributed by atoms with Gasteiger partial charge in [-0.3, -0.25) is 9.80 Å². The molecule has 0 unspecified atom stereocenters. The van der Waals surface area contributed by atoms with E-state index in [4.69, 9.17) is 4.74 Å². The minimum atomic E-state index is 0.335. The molecule has 0 bridgehead atoms. The first kappa shape index (κ1) is 13.3. The van der Waals surface area contributed by atoms with E-state index in [-0.39, 0.29) is 0 Å². The molecule has 3 heteroatoms. The third kappa shape index (κ3) is 3.21. The van der Waals surface area contributed by atoms with E-state index in [1.165, 1.54) is 25.9 Å². The molecule has 17 heavy (non-hydrogen) atoms. The van der Waals surface area contributed by atoms with E-state index < -0.39 is 0 Å². The number of hydrogen-bond donors (Lipinski definition) is 0. The smallest absolute Gasteiger partial charge is 0.0619 e. The maximum atomic E-state index is 5.53. The summed E-state index contributed by atoms with van der Waals surface area (Å²) in [7, 11) is 0. The summed E-state index contributed by atoms with van der Waals surface area (Å²) in [5.74, 6) is 0. The average molecular weight is 240 g/mol. The zero-order valence-corrected chi connectivity index (χ0v) is 11.9. The van der Waals surface area contributed by atoms with Gasteiger partial charge in [-0.1, -0.05) is 0 Å². The molecule has 0 amide bonds. The molecule has 0 aromatic heterocycles. The van der Waals surface area contributed by atoms with Gasteiger partial charge in [0.1, 0.15) is 0 Å². The minimum absolute atomic E-state index is 0.335. The van der Waals surface area contributed by atoms with Crippen LogP contribution in [0.2, 0.25) is 0 Å². The van der Waals surface area contributed by atoms with E-state index in [0.29, 0.717) is 11.6 Å². The van der Waals surface area contributed by atoms with E-state index in [0.717, 1.165) is 25.8 Å². The molecule has 100 valence electrons. The lowest BCUT2D eigenvalue weighted by molar-refractivity contribution is -0.0412. The number of hydrogen-bond acceptors (Lipinski definition) is 3. The van der Waals surface area contributed by atoms with E-state index in [1.807, 2.05) is 0 Å². The third-order valence-corrected chi connectivity index (χ3v) is 4.30. The standard InChI is InChI=1S/C14H28N2O/c1-12-11-17-10-9-16(12)13-5-7-15(8-6-13)14(2,3)4/h12-13H,5-11H2,1-4H3/t12-/m0/s1. The van der Waals surface area contributed by atoms with Crippen LogP contribution in [0.15, 0.2) is 0 Å². The topological polar surface area (TPSA) is 15.7 Å². The second-order valence-electron chi connectivity index (χ2n) is 6.55. The van der Waals surface area contributed by atoms with Gasteiger partial charge in [0.25, 0.3) is 0 Å². The molecule has 2 heterocycles. The fourth-order valence-corrected chi connectivity index (χ4v) is 3.15. The van der Waals surface area contributed by atoms with Gasteiger partial charge in [-0.2, -0.15) is 0 Å². The average Bonchev–Trinajstić information content (AvgIpc) is 2.29. The second kappa shape index (κ2) is 5.25. The van der Waals surface area contributed by atoms with Crippen molar-refractivity contribution in [3.63, 3.8) is 0 Å². The molecule has 2 fully saturated rings. The Bertz CT molecular complexity index is 241. The lowest BCUT2D eigenvalue weighted by Crippen LogP contribution is -2.55. The highest BCUT2D eigenvalue weighted by atomic mass is 16.5. The number of likely N-dealkylation sites (tertiary alicyclic amines) is 1. The highest BCUT2D eigenvalue weighted by Crippen LogP contribution is 2.25. The van der Waals surface area contributed by atoms with Crippen molar-refractivity contribution in [2.45, 2.75) is 58.2 Å². The Morgan fingerprint density at radius 3 is 2.24 bits per heavy atom. The molecule has 2 saturated heterocycles. The van der Waals surface area contributed by atoms with Gasteiger partial charge in [0.05, 0.1) is 13.2 Å². The van der Waals surface area contributed by atoms with Crippen LogP contribution in [-0.4, -0.2) is 60.3 Å². The number of ether oxygens (including phenoxy) is 1. The molecule has 0 N–H and O–H groups in total. The molecule has 0 radical (unpaired) electrons. The molecule has 2 aliphatic rings. The van der Waals surface area contributed by atoms with Crippen LogP contribution in [0.3, 0.4) is 0 Å². The first-order chi connectivity index (χ1) is 7.98. The van der Waals surface area contributed by atoms with Crippen LogP contribution in [0, 0.1) is 0 Å². The van der Waals surface area contributed by atoms with Crippen molar-refractivity contribution < 1.29 is 4.74 Å². The highest BCUT2D eigenvalue weighted by Gasteiger charge is 2.32. The van der Waals surface area contributed by atoms with Crippen LogP contribution in [0.25, 0.3) is 0 Å². The van der Waals surface area contributed by atoms with Crippen molar-refractivity contribution in [3.05, 3.63) is 0 Å². The van der Waals surface area contributed by atoms with Gasteiger partial charge in [0.2, 0.25) is 0 Å². The van der Waals surface area contributed by atoms with Crippen molar-refractivity contribution in [3.8, 4) is 0 Å². The normalized spacial score (nSPS) is 30.7. The maximum absolute atomic E-state index is 5.53. The Kier molecular flexibility index (Phi) is 4.11. The summed E-state index contributed by atoms with van der Waals surface area (Å²) in [5.41, 5.74) is 0.335. The van der Waals surface area contributed by atoms with Crippen LogP contribution in [-0.2, 0) is 4.74 Å². The Labute approximate surface area is 106 Å². The molecule has 3 nitrogen and oxygen atoms in total. The summed E-state index contributed by atoms with van der Waals surface area (Å²) in [4.78, 5) is 5.29. The predicted octanol–water partition coefficient (Wildman–Crippen LogP) is 1.97. The number of morpholine rings is 1. The van der Waals surface area contributed by atoms with Crippen LogP contribution in [0.5, 0.6) is 0 Å².